The molecule has 0 aliphatic carbocycles. The van der Waals surface area contributed by atoms with Crippen molar-refractivity contribution in [2.45, 2.75) is 79.1 Å². The summed E-state index contributed by atoms with van der Waals surface area (Å²) >= 11 is 0. The van der Waals surface area contributed by atoms with Crippen molar-refractivity contribution in [3.63, 3.8) is 0 Å². The first-order valence-electron chi connectivity index (χ1n) is 12.3. The van der Waals surface area contributed by atoms with Crippen LogP contribution in [0.25, 0.3) is 0 Å². The Hall–Kier alpha value is -0.330. The van der Waals surface area contributed by atoms with Gasteiger partial charge in [-0.15, -0.1) is 0 Å². The van der Waals surface area contributed by atoms with Gasteiger partial charge in [-0.1, -0.05) is 16.7 Å². The highest BCUT2D eigenvalue weighted by Gasteiger charge is 2.28. The molecule has 210 valence electrons. The van der Waals surface area contributed by atoms with Crippen molar-refractivity contribution in [3.8, 4) is 0 Å². The Labute approximate surface area is 216 Å². The summed E-state index contributed by atoms with van der Waals surface area (Å²) in [5, 5.41) is 17.6. The monoisotopic (exact) mass is 570 g/mol. The van der Waals surface area contributed by atoms with E-state index in [1.165, 1.54) is 5.82 Å². The van der Waals surface area contributed by atoms with Gasteiger partial charge >= 0.3 is 0 Å². The van der Waals surface area contributed by atoms with Crippen molar-refractivity contribution in [3.05, 3.63) is 34.2 Å². The van der Waals surface area contributed by atoms with Gasteiger partial charge in [-0.2, -0.15) is 0 Å². The summed E-state index contributed by atoms with van der Waals surface area (Å²) in [7, 11) is -7.78. The second kappa shape index (κ2) is 15.3. The van der Waals surface area contributed by atoms with E-state index in [1.807, 2.05) is 20.8 Å². The molecule has 4 aliphatic heterocycles. The van der Waals surface area contributed by atoms with E-state index in [1.54, 1.807) is 25.5 Å². The number of allylic oxidation sites excluding steroid dienone is 3. The smallest absolute Gasteiger partial charge is 0.225 e. The topological polar surface area (TPSA) is 143 Å². The molecule has 0 amide bonds. The molecule has 12 heteroatoms. The van der Waals surface area contributed by atoms with Crippen LogP contribution in [-0.4, -0.2) is 71.7 Å². The third-order valence-electron chi connectivity index (χ3n) is 5.37. The van der Waals surface area contributed by atoms with E-state index in [0.29, 0.717) is 24.6 Å². The van der Waals surface area contributed by atoms with Gasteiger partial charge < -0.3 is 28.9 Å². The zero-order valence-corrected chi connectivity index (χ0v) is 25.1. The average Bonchev–Trinajstić information content (AvgIpc) is 3.23. The molecule has 0 aromatic carbocycles. The Balaban J connectivity index is 0.000000254. The molecule has 6 atom stereocenters. The highest BCUT2D eigenvalue weighted by atomic mass is 31.2. The molecule has 3 N–H and O–H groups in total. The lowest BCUT2D eigenvalue weighted by Gasteiger charge is -2.14. The molecule has 1 fully saturated rings. The van der Waals surface area contributed by atoms with E-state index in [4.69, 9.17) is 28.9 Å². The third-order valence-corrected chi connectivity index (χ3v) is 11.7. The maximum Gasteiger partial charge on any atom is 0.225 e. The van der Waals surface area contributed by atoms with Crippen LogP contribution in [0, 0.1) is 0 Å². The lowest BCUT2D eigenvalue weighted by atomic mass is 10.3. The van der Waals surface area contributed by atoms with Gasteiger partial charge in [0, 0.05) is 18.5 Å². The first-order valence-corrected chi connectivity index (χ1v) is 18.0. The number of epoxide rings is 1. The van der Waals surface area contributed by atoms with Crippen molar-refractivity contribution >= 4 is 22.1 Å². The van der Waals surface area contributed by atoms with Crippen molar-refractivity contribution in [2.24, 2.45) is 0 Å². The lowest BCUT2D eigenvalue weighted by molar-refractivity contribution is 0.125. The number of rotatable bonds is 6. The van der Waals surface area contributed by atoms with Gasteiger partial charge in [0.15, 0.2) is 0 Å². The molecule has 4 rings (SSSR count). The summed E-state index contributed by atoms with van der Waals surface area (Å²) in [4.78, 5) is 8.84. The largest absolute Gasteiger partial charge is 0.394 e. The first-order chi connectivity index (χ1) is 16.6. The highest BCUT2D eigenvalue weighted by Crippen LogP contribution is 2.56. The van der Waals surface area contributed by atoms with Crippen LogP contribution in [0.15, 0.2) is 34.2 Å². The molecule has 36 heavy (non-hydrogen) atoms. The van der Waals surface area contributed by atoms with E-state index in [9.17, 15) is 13.7 Å². The standard InChI is InChI=1S/2C8H15O3P.C5H9O2P.C3H6O/c1-7-3-4-12(10,6-7)11-5-8(2)9;1-7-3-4-12(10,6-7)11-8(2)5-9;1-5-2-3-8(6,7)4-5;1-3-2-4-3/h2*6,8-9H,3-5H2,1-2H3;4H,2-3H2,1H3,(H,6,7);3H,2H2,1H3. The fourth-order valence-corrected chi connectivity index (χ4v) is 9.58. The summed E-state index contributed by atoms with van der Waals surface area (Å²) in [5.41, 5.74) is 3.31. The van der Waals surface area contributed by atoms with Crippen LogP contribution in [0.1, 0.15) is 60.8 Å². The van der Waals surface area contributed by atoms with E-state index in [0.717, 1.165) is 42.6 Å². The van der Waals surface area contributed by atoms with Crippen molar-refractivity contribution < 1.29 is 42.6 Å². The predicted molar refractivity (Wildman–Crippen MR) is 145 cm³/mol. The SMILES string of the molecule is CC1=CP(=O)(O)CC1.CC1=CP(=O)(OC(C)CO)CC1.CC1=CP(=O)(OCC(C)O)CC1.CC1CO1. The normalized spacial score (nSPS) is 33.9. The zero-order valence-electron chi connectivity index (χ0n) is 22.5. The predicted octanol–water partition coefficient (Wildman–Crippen LogP) is 5.91. The second-order valence-corrected chi connectivity index (χ2v) is 16.9. The van der Waals surface area contributed by atoms with E-state index in [-0.39, 0.29) is 19.3 Å². The minimum absolute atomic E-state index is 0.0725. The van der Waals surface area contributed by atoms with Gasteiger partial charge in [0.05, 0.1) is 38.1 Å². The van der Waals surface area contributed by atoms with Crippen LogP contribution in [0.5, 0.6) is 0 Å². The Bertz CT molecular complexity index is 935. The van der Waals surface area contributed by atoms with Crippen LogP contribution in [0.3, 0.4) is 0 Å². The van der Waals surface area contributed by atoms with Gasteiger partial charge in [-0.25, -0.2) is 0 Å². The Morgan fingerprint density at radius 3 is 1.67 bits per heavy atom. The van der Waals surface area contributed by atoms with Gasteiger partial charge in [-0.3, -0.25) is 13.7 Å². The van der Waals surface area contributed by atoms with Gasteiger partial charge in [0.2, 0.25) is 22.1 Å². The molecular weight excluding hydrogens is 525 g/mol. The van der Waals surface area contributed by atoms with Crippen LogP contribution >= 0.6 is 22.1 Å². The van der Waals surface area contributed by atoms with Crippen LogP contribution in [0.2, 0.25) is 0 Å². The van der Waals surface area contributed by atoms with Crippen molar-refractivity contribution in [1.82, 2.24) is 0 Å². The summed E-state index contributed by atoms with van der Waals surface area (Å²) in [6, 6.07) is 0. The van der Waals surface area contributed by atoms with Gasteiger partial charge in [-0.05, 0) is 78.3 Å². The zero-order chi connectivity index (χ0) is 27.6. The van der Waals surface area contributed by atoms with E-state index >= 15 is 0 Å². The van der Waals surface area contributed by atoms with E-state index in [2.05, 4.69) is 6.92 Å². The fourth-order valence-electron chi connectivity index (χ4n) is 3.26. The molecule has 0 aromatic rings. The Morgan fingerprint density at radius 1 is 0.944 bits per heavy atom. The third kappa shape index (κ3) is 15.2. The molecule has 0 bridgehead atoms. The molecule has 4 aliphatic rings. The minimum atomic E-state index is -2.76. The van der Waals surface area contributed by atoms with Gasteiger partial charge in [0.1, 0.15) is 0 Å². The summed E-state index contributed by atoms with van der Waals surface area (Å²) < 4.78 is 49.3. The van der Waals surface area contributed by atoms with Crippen molar-refractivity contribution in [1.29, 1.82) is 0 Å². The molecule has 0 spiro atoms. The Morgan fingerprint density at radius 2 is 1.39 bits per heavy atom. The second-order valence-electron chi connectivity index (χ2n) is 9.94. The molecule has 0 aromatic heterocycles. The van der Waals surface area contributed by atoms with Crippen LogP contribution in [0.4, 0.5) is 0 Å². The van der Waals surface area contributed by atoms with E-state index < -0.39 is 28.2 Å². The summed E-state index contributed by atoms with van der Waals surface area (Å²) in [6.07, 6.45) is 3.90. The summed E-state index contributed by atoms with van der Waals surface area (Å²) in [5.74, 6) is 4.93. The minimum Gasteiger partial charge on any atom is -0.394 e. The number of aliphatic hydroxyl groups is 2. The molecule has 4 heterocycles. The number of hydrogen-bond acceptors (Lipinski definition) is 8. The number of ether oxygens (including phenoxy) is 1. The highest BCUT2D eigenvalue weighted by molar-refractivity contribution is 7.63. The number of aliphatic hydroxyl groups excluding tert-OH is 2. The molecule has 1 saturated heterocycles. The van der Waals surface area contributed by atoms with Crippen molar-refractivity contribution in [2.75, 3.05) is 38.3 Å². The Kier molecular flexibility index (Phi) is 14.3. The summed E-state index contributed by atoms with van der Waals surface area (Å²) in [6.45, 7) is 12.3. The maximum atomic E-state index is 11.8. The molecule has 0 radical (unpaired) electrons. The average molecular weight is 571 g/mol. The number of hydrogen-bond donors (Lipinski definition) is 3. The molecule has 9 nitrogen and oxygen atoms in total. The maximum absolute atomic E-state index is 11.8. The lowest BCUT2D eigenvalue weighted by Crippen LogP contribution is -2.10. The van der Waals surface area contributed by atoms with Crippen LogP contribution < -0.4 is 0 Å². The molecule has 6 unspecified atom stereocenters. The molecule has 0 saturated carbocycles. The molecular formula is C24H45O9P3. The van der Waals surface area contributed by atoms with Gasteiger partial charge in [0.25, 0.3) is 0 Å². The fraction of sp³-hybridized carbons (Fsp3) is 0.750. The van der Waals surface area contributed by atoms with Crippen LogP contribution in [-0.2, 0) is 27.5 Å². The quantitative estimate of drug-likeness (QED) is 0.262. The first kappa shape index (κ1) is 33.7.